The Bertz CT molecular complexity index is 408. The molecule has 0 aliphatic carbocycles. The molecule has 4 nitrogen and oxygen atoms in total. The van der Waals surface area contributed by atoms with E-state index in [0.29, 0.717) is 28.5 Å². The number of hydrogen-bond acceptors (Lipinski definition) is 4. The van der Waals surface area contributed by atoms with Crippen LogP contribution in [0.3, 0.4) is 0 Å². The van der Waals surface area contributed by atoms with Gasteiger partial charge in [-0.05, 0) is 12.5 Å². The quantitative estimate of drug-likeness (QED) is 0.921. The molecule has 1 aromatic rings. The molecule has 2 heterocycles. The van der Waals surface area contributed by atoms with Crippen molar-refractivity contribution in [1.82, 2.24) is 4.98 Å². The third-order valence-electron chi connectivity index (χ3n) is 2.94. The maximum atomic E-state index is 6.17. The van der Waals surface area contributed by atoms with Crippen LogP contribution in [0.15, 0.2) is 6.07 Å². The lowest BCUT2D eigenvalue weighted by molar-refractivity contribution is 0.193. The van der Waals surface area contributed by atoms with E-state index in [-0.39, 0.29) is 0 Å². The molecule has 2 rings (SSSR count). The molecule has 1 atom stereocenters. The average Bonchev–Trinajstić information content (AvgIpc) is 2.82. The summed E-state index contributed by atoms with van der Waals surface area (Å²) in [5.74, 6) is 1.37. The predicted molar refractivity (Wildman–Crippen MR) is 71.4 cm³/mol. The minimum atomic E-state index is 0.325. The van der Waals surface area contributed by atoms with Crippen molar-refractivity contribution in [2.75, 3.05) is 37.5 Å². The number of nitrogens with zero attached hydrogens (tertiary/aromatic N) is 2. The second kappa shape index (κ2) is 5.29. The maximum absolute atomic E-state index is 6.17. The fraction of sp³-hybridized carbons (Fsp3) is 0.545. The van der Waals surface area contributed by atoms with Gasteiger partial charge in [-0.3, -0.25) is 0 Å². The van der Waals surface area contributed by atoms with Gasteiger partial charge in [0.05, 0.1) is 22.7 Å². The highest BCUT2D eigenvalue weighted by Gasteiger charge is 2.23. The lowest BCUT2D eigenvalue weighted by Gasteiger charge is -2.25. The highest BCUT2D eigenvalue weighted by Crippen LogP contribution is 2.32. The maximum Gasteiger partial charge on any atom is 0.150 e. The summed E-state index contributed by atoms with van der Waals surface area (Å²) in [6, 6.07) is 2.04. The van der Waals surface area contributed by atoms with Crippen molar-refractivity contribution in [3.63, 3.8) is 0 Å². The van der Waals surface area contributed by atoms with Gasteiger partial charge in [-0.25, -0.2) is 4.98 Å². The number of anilines is 2. The van der Waals surface area contributed by atoms with E-state index < -0.39 is 0 Å². The molecule has 0 spiro atoms. The Kier molecular flexibility index (Phi) is 3.97. The Morgan fingerprint density at radius 1 is 1.47 bits per heavy atom. The van der Waals surface area contributed by atoms with Crippen LogP contribution in [0.2, 0.25) is 10.0 Å². The fourth-order valence-electron chi connectivity index (χ4n) is 1.88. The van der Waals surface area contributed by atoms with Crippen molar-refractivity contribution in [3.8, 4) is 0 Å². The number of nitrogens with one attached hydrogen (secondary N) is 1. The van der Waals surface area contributed by atoms with Crippen LogP contribution in [0.25, 0.3) is 0 Å². The zero-order valence-electron chi connectivity index (χ0n) is 9.83. The molecule has 0 radical (unpaired) electrons. The predicted octanol–water partition coefficient (Wildman–Crippen LogP) is 2.66. The van der Waals surface area contributed by atoms with Crippen LogP contribution in [0.4, 0.5) is 11.6 Å². The smallest absolute Gasteiger partial charge is 0.150 e. The fourth-order valence-corrected chi connectivity index (χ4v) is 2.47. The Morgan fingerprint density at radius 3 is 2.82 bits per heavy atom. The van der Waals surface area contributed by atoms with Gasteiger partial charge in [-0.1, -0.05) is 23.2 Å². The van der Waals surface area contributed by atoms with Gasteiger partial charge in [0.2, 0.25) is 0 Å². The molecule has 0 aromatic carbocycles. The number of likely N-dealkylation sites (N-methyl/N-ethyl adjacent to an activating group) is 1. The molecule has 1 N–H and O–H groups in total. The third-order valence-corrected chi connectivity index (χ3v) is 3.50. The highest BCUT2D eigenvalue weighted by molar-refractivity contribution is 6.37. The first-order chi connectivity index (χ1) is 8.13. The van der Waals surface area contributed by atoms with Gasteiger partial charge in [-0.2, -0.15) is 0 Å². The van der Waals surface area contributed by atoms with Crippen LogP contribution in [0.5, 0.6) is 0 Å². The molecular formula is C11H15Cl2N3O. The van der Waals surface area contributed by atoms with E-state index >= 15 is 0 Å². The van der Waals surface area contributed by atoms with Gasteiger partial charge in [-0.15, -0.1) is 0 Å². The van der Waals surface area contributed by atoms with Gasteiger partial charge in [0.15, 0.2) is 0 Å². The van der Waals surface area contributed by atoms with Crippen LogP contribution in [-0.4, -0.2) is 38.3 Å². The monoisotopic (exact) mass is 275 g/mol. The molecule has 0 saturated carbocycles. The molecular weight excluding hydrogens is 261 g/mol. The summed E-state index contributed by atoms with van der Waals surface area (Å²) in [5, 5.41) is 4.03. The molecule has 1 aliphatic rings. The van der Waals surface area contributed by atoms with Gasteiger partial charge in [0.1, 0.15) is 11.6 Å². The third kappa shape index (κ3) is 2.59. The number of hydrogen-bond donors (Lipinski definition) is 1. The Hall–Kier alpha value is -0.710. The summed E-state index contributed by atoms with van der Waals surface area (Å²) in [7, 11) is 3.76. The highest BCUT2D eigenvalue weighted by atomic mass is 35.5. The molecule has 1 unspecified atom stereocenters. The number of halogens is 2. The molecule has 0 bridgehead atoms. The van der Waals surface area contributed by atoms with Gasteiger partial charge in [0, 0.05) is 20.7 Å². The minimum Gasteiger partial charge on any atom is -0.379 e. The van der Waals surface area contributed by atoms with Crippen LogP contribution in [-0.2, 0) is 4.74 Å². The summed E-state index contributed by atoms with van der Waals surface area (Å²) in [6.45, 7) is 1.51. The summed E-state index contributed by atoms with van der Waals surface area (Å²) >= 11 is 12.2. The van der Waals surface area contributed by atoms with Gasteiger partial charge < -0.3 is 15.0 Å². The van der Waals surface area contributed by atoms with Crippen LogP contribution >= 0.6 is 23.2 Å². The summed E-state index contributed by atoms with van der Waals surface area (Å²) in [5.41, 5.74) is 0. The second-order valence-corrected chi connectivity index (χ2v) is 4.82. The van der Waals surface area contributed by atoms with E-state index in [1.54, 1.807) is 13.1 Å². The minimum absolute atomic E-state index is 0.325. The number of rotatable bonds is 3. The first-order valence-electron chi connectivity index (χ1n) is 5.48. The summed E-state index contributed by atoms with van der Waals surface area (Å²) in [4.78, 5) is 6.48. The summed E-state index contributed by atoms with van der Waals surface area (Å²) in [6.07, 6.45) is 0.992. The molecule has 94 valence electrons. The van der Waals surface area contributed by atoms with Crippen LogP contribution in [0, 0.1) is 0 Å². The van der Waals surface area contributed by atoms with E-state index in [2.05, 4.69) is 10.3 Å². The Morgan fingerprint density at radius 2 is 2.24 bits per heavy atom. The first-order valence-corrected chi connectivity index (χ1v) is 6.23. The van der Waals surface area contributed by atoms with Crippen molar-refractivity contribution < 1.29 is 4.74 Å². The van der Waals surface area contributed by atoms with Crippen molar-refractivity contribution in [3.05, 3.63) is 16.1 Å². The van der Waals surface area contributed by atoms with Crippen LogP contribution in [0.1, 0.15) is 6.42 Å². The molecule has 6 heteroatoms. The Balaban J connectivity index is 2.30. The first kappa shape index (κ1) is 12.7. The molecule has 0 amide bonds. The van der Waals surface area contributed by atoms with Crippen molar-refractivity contribution in [1.29, 1.82) is 0 Å². The topological polar surface area (TPSA) is 37.4 Å². The van der Waals surface area contributed by atoms with E-state index in [4.69, 9.17) is 27.9 Å². The molecule has 1 fully saturated rings. The molecule has 1 aromatic heterocycles. The normalized spacial score (nSPS) is 19.4. The lowest BCUT2D eigenvalue weighted by atomic mass is 10.2. The van der Waals surface area contributed by atoms with E-state index in [1.807, 2.05) is 11.9 Å². The summed E-state index contributed by atoms with van der Waals surface area (Å²) < 4.78 is 5.37. The second-order valence-electron chi connectivity index (χ2n) is 4.00. The van der Waals surface area contributed by atoms with Crippen molar-refractivity contribution in [2.24, 2.45) is 0 Å². The number of ether oxygens (including phenoxy) is 1. The zero-order valence-corrected chi connectivity index (χ0v) is 11.3. The van der Waals surface area contributed by atoms with Gasteiger partial charge in [0.25, 0.3) is 0 Å². The SMILES string of the molecule is CNc1nc(N(C)C2CCOC2)c(Cl)cc1Cl. The van der Waals surface area contributed by atoms with E-state index in [1.165, 1.54) is 0 Å². The van der Waals surface area contributed by atoms with Crippen LogP contribution < -0.4 is 10.2 Å². The largest absolute Gasteiger partial charge is 0.379 e. The molecule has 1 aliphatic heterocycles. The molecule has 1 saturated heterocycles. The Labute approximate surface area is 111 Å². The standard InChI is InChI=1S/C11H15Cl2N3O/c1-14-10-8(12)5-9(13)11(15-10)16(2)7-3-4-17-6-7/h5,7H,3-4,6H2,1-2H3,(H,14,15). The zero-order chi connectivity index (χ0) is 12.4. The number of pyridine rings is 1. The lowest BCUT2D eigenvalue weighted by Crippen LogP contribution is -2.32. The van der Waals surface area contributed by atoms with Gasteiger partial charge >= 0.3 is 0 Å². The van der Waals surface area contributed by atoms with Crippen molar-refractivity contribution >= 4 is 34.8 Å². The van der Waals surface area contributed by atoms with E-state index in [0.717, 1.165) is 18.8 Å². The average molecular weight is 276 g/mol. The number of aromatic nitrogens is 1. The van der Waals surface area contributed by atoms with Crippen molar-refractivity contribution in [2.45, 2.75) is 12.5 Å². The van der Waals surface area contributed by atoms with E-state index in [9.17, 15) is 0 Å². The molecule has 17 heavy (non-hydrogen) atoms.